The first-order chi connectivity index (χ1) is 15.7. The number of benzene rings is 2. The molecule has 0 saturated heterocycles. The number of rotatable bonds is 5. The minimum atomic E-state index is -1.69. The van der Waals surface area contributed by atoms with Crippen LogP contribution in [0.15, 0.2) is 48.5 Å². The van der Waals surface area contributed by atoms with Gasteiger partial charge in [-0.2, -0.15) is 5.10 Å². The fraction of sp³-hybridized carbons (Fsp3) is 0.130. The lowest BCUT2D eigenvalue weighted by Crippen LogP contribution is -2.15. The first-order valence-corrected chi connectivity index (χ1v) is 9.93. The Morgan fingerprint density at radius 1 is 0.848 bits per heavy atom. The van der Waals surface area contributed by atoms with Gasteiger partial charge in [0.2, 0.25) is 0 Å². The van der Waals surface area contributed by atoms with Crippen molar-refractivity contribution in [2.45, 2.75) is 20.8 Å². The van der Waals surface area contributed by atoms with E-state index < -0.39 is 28.9 Å². The largest absolute Gasteiger partial charge is 0.339 e. The molecule has 2 heterocycles. The molecule has 0 unspecified atom stereocenters. The Morgan fingerprint density at radius 2 is 1.55 bits per heavy atom. The van der Waals surface area contributed by atoms with Gasteiger partial charge in [0.25, 0.3) is 5.91 Å². The SMILES string of the molecule is Cc1nn(-c2ccc(Nc3ccc(NC(=O)c4ccc(F)c(F)c4F)cc3)nn2)c(C)c1C. The summed E-state index contributed by atoms with van der Waals surface area (Å²) in [7, 11) is 0. The Morgan fingerprint density at radius 3 is 2.15 bits per heavy atom. The highest BCUT2D eigenvalue weighted by Gasteiger charge is 2.19. The number of aromatic nitrogens is 4. The van der Waals surface area contributed by atoms with E-state index in [1.54, 1.807) is 41.1 Å². The summed E-state index contributed by atoms with van der Waals surface area (Å²) in [4.78, 5) is 12.2. The lowest BCUT2D eigenvalue weighted by atomic mass is 10.1. The van der Waals surface area contributed by atoms with Crippen molar-refractivity contribution in [2.75, 3.05) is 10.6 Å². The van der Waals surface area contributed by atoms with Crippen LogP contribution in [0.25, 0.3) is 5.82 Å². The summed E-state index contributed by atoms with van der Waals surface area (Å²) >= 11 is 0. The number of nitrogens with zero attached hydrogens (tertiary/aromatic N) is 4. The Bertz CT molecular complexity index is 1330. The predicted octanol–water partition coefficient (Wildman–Crippen LogP) is 5.00. The number of anilines is 3. The number of hydrogen-bond donors (Lipinski definition) is 2. The zero-order valence-corrected chi connectivity index (χ0v) is 17.9. The molecule has 4 aromatic rings. The van der Waals surface area contributed by atoms with Crippen molar-refractivity contribution in [1.29, 1.82) is 0 Å². The quantitative estimate of drug-likeness (QED) is 0.416. The third-order valence-corrected chi connectivity index (χ3v) is 5.22. The molecule has 33 heavy (non-hydrogen) atoms. The molecule has 0 aliphatic carbocycles. The molecule has 0 bridgehead atoms. The van der Waals surface area contributed by atoms with Crippen LogP contribution in [0.1, 0.15) is 27.3 Å². The van der Waals surface area contributed by atoms with Crippen LogP contribution in [0.4, 0.5) is 30.4 Å². The number of carbonyl (C=O) groups is 1. The number of aryl methyl sites for hydroxylation is 1. The lowest BCUT2D eigenvalue weighted by molar-refractivity contribution is 0.102. The van der Waals surface area contributed by atoms with Crippen LogP contribution in [0.3, 0.4) is 0 Å². The van der Waals surface area contributed by atoms with E-state index in [2.05, 4.69) is 25.9 Å². The van der Waals surface area contributed by atoms with Gasteiger partial charge in [-0.15, -0.1) is 10.2 Å². The molecule has 0 spiro atoms. The van der Waals surface area contributed by atoms with Crippen LogP contribution in [0.2, 0.25) is 0 Å². The molecule has 0 radical (unpaired) electrons. The van der Waals surface area contributed by atoms with Gasteiger partial charge in [0.1, 0.15) is 0 Å². The van der Waals surface area contributed by atoms with Gasteiger partial charge in [-0.05, 0) is 74.9 Å². The van der Waals surface area contributed by atoms with Crippen molar-refractivity contribution < 1.29 is 18.0 Å². The van der Waals surface area contributed by atoms with E-state index in [9.17, 15) is 18.0 Å². The highest BCUT2D eigenvalue weighted by atomic mass is 19.2. The molecule has 4 rings (SSSR count). The molecule has 0 saturated carbocycles. The van der Waals surface area contributed by atoms with Gasteiger partial charge in [0, 0.05) is 17.1 Å². The second-order valence-corrected chi connectivity index (χ2v) is 7.36. The van der Waals surface area contributed by atoms with Crippen LogP contribution in [-0.2, 0) is 0 Å². The monoisotopic (exact) mass is 452 g/mol. The van der Waals surface area contributed by atoms with Crippen molar-refractivity contribution in [2.24, 2.45) is 0 Å². The van der Waals surface area contributed by atoms with Crippen molar-refractivity contribution in [3.05, 3.63) is 88.5 Å². The van der Waals surface area contributed by atoms with Crippen LogP contribution >= 0.6 is 0 Å². The lowest BCUT2D eigenvalue weighted by Gasteiger charge is -2.09. The van der Waals surface area contributed by atoms with E-state index in [-0.39, 0.29) is 0 Å². The molecule has 168 valence electrons. The fourth-order valence-corrected chi connectivity index (χ4v) is 3.13. The van der Waals surface area contributed by atoms with Crippen LogP contribution in [0.5, 0.6) is 0 Å². The van der Waals surface area contributed by atoms with Crippen molar-refractivity contribution >= 4 is 23.1 Å². The number of carbonyl (C=O) groups excluding carboxylic acids is 1. The zero-order valence-electron chi connectivity index (χ0n) is 17.9. The summed E-state index contributed by atoms with van der Waals surface area (Å²) in [5, 5.41) is 18.4. The van der Waals surface area contributed by atoms with Gasteiger partial charge >= 0.3 is 0 Å². The minimum absolute atomic E-state index is 0.344. The molecule has 2 aromatic carbocycles. The Balaban J connectivity index is 1.43. The van der Waals surface area contributed by atoms with Gasteiger partial charge in [-0.3, -0.25) is 4.79 Å². The molecule has 0 aliphatic heterocycles. The molecule has 10 heteroatoms. The highest BCUT2D eigenvalue weighted by Crippen LogP contribution is 2.21. The average molecular weight is 452 g/mol. The first-order valence-electron chi connectivity index (χ1n) is 9.93. The maximum Gasteiger partial charge on any atom is 0.258 e. The third-order valence-electron chi connectivity index (χ3n) is 5.22. The summed E-state index contributed by atoms with van der Waals surface area (Å²) in [6, 6.07) is 11.6. The minimum Gasteiger partial charge on any atom is -0.339 e. The summed E-state index contributed by atoms with van der Waals surface area (Å²) < 4.78 is 41.9. The zero-order chi connectivity index (χ0) is 23.7. The van der Waals surface area contributed by atoms with Gasteiger partial charge in [-0.1, -0.05) is 0 Å². The molecule has 0 atom stereocenters. The van der Waals surface area contributed by atoms with Crippen molar-refractivity contribution in [3.63, 3.8) is 0 Å². The molecule has 7 nitrogen and oxygen atoms in total. The van der Waals surface area contributed by atoms with Gasteiger partial charge in [-0.25, -0.2) is 17.9 Å². The normalized spacial score (nSPS) is 10.8. The summed E-state index contributed by atoms with van der Waals surface area (Å²) in [5.41, 5.74) is 3.43. The van der Waals surface area contributed by atoms with Gasteiger partial charge in [0.05, 0.1) is 11.3 Å². The number of halogens is 3. The first kappa shape index (κ1) is 22.0. The smallest absolute Gasteiger partial charge is 0.258 e. The fourth-order valence-electron chi connectivity index (χ4n) is 3.13. The molecule has 1 amide bonds. The van der Waals surface area contributed by atoms with Crippen LogP contribution in [-0.4, -0.2) is 25.9 Å². The molecule has 2 N–H and O–H groups in total. The Kier molecular flexibility index (Phi) is 5.82. The van der Waals surface area contributed by atoms with Crippen molar-refractivity contribution in [1.82, 2.24) is 20.0 Å². The number of hydrogen-bond acceptors (Lipinski definition) is 5. The number of nitrogens with one attached hydrogen (secondary N) is 2. The van der Waals surface area contributed by atoms with E-state index in [0.29, 0.717) is 29.1 Å². The van der Waals surface area contributed by atoms with Crippen molar-refractivity contribution in [3.8, 4) is 5.82 Å². The van der Waals surface area contributed by atoms with Crippen LogP contribution in [0, 0.1) is 38.2 Å². The third kappa shape index (κ3) is 4.40. The Labute approximate surface area is 187 Å². The molecule has 0 aliphatic rings. The number of amides is 1. The molecular formula is C23H19F3N6O. The summed E-state index contributed by atoms with van der Waals surface area (Å²) in [6.45, 7) is 5.89. The second kappa shape index (κ2) is 8.73. The summed E-state index contributed by atoms with van der Waals surface area (Å²) in [6.07, 6.45) is 0. The van der Waals surface area contributed by atoms with E-state index in [0.717, 1.165) is 23.0 Å². The van der Waals surface area contributed by atoms with Gasteiger partial charge < -0.3 is 10.6 Å². The van der Waals surface area contributed by atoms with E-state index in [4.69, 9.17) is 0 Å². The van der Waals surface area contributed by atoms with E-state index in [1.807, 2.05) is 20.8 Å². The standard InChI is InChI=1S/C23H19F3N6O/c1-12-13(2)31-32(14(12)3)20-11-10-19(29-30-20)27-15-4-6-16(7-5-15)28-23(33)17-8-9-18(24)22(26)21(17)25/h4-11H,1-3H3,(H,27,29)(H,28,33). The van der Waals surface area contributed by atoms with E-state index >= 15 is 0 Å². The molecule has 0 fully saturated rings. The summed E-state index contributed by atoms with van der Waals surface area (Å²) in [5.74, 6) is -4.39. The van der Waals surface area contributed by atoms with Crippen LogP contribution < -0.4 is 10.6 Å². The highest BCUT2D eigenvalue weighted by molar-refractivity contribution is 6.04. The predicted molar refractivity (Wildman–Crippen MR) is 117 cm³/mol. The topological polar surface area (TPSA) is 84.7 Å². The molecule has 2 aromatic heterocycles. The maximum atomic E-state index is 13.8. The molecular weight excluding hydrogens is 433 g/mol. The second-order valence-electron chi connectivity index (χ2n) is 7.36. The Hall–Kier alpha value is -4.21. The van der Waals surface area contributed by atoms with E-state index in [1.165, 1.54) is 0 Å². The van der Waals surface area contributed by atoms with Gasteiger partial charge in [0.15, 0.2) is 29.1 Å². The maximum absolute atomic E-state index is 13.8. The average Bonchev–Trinajstić information content (AvgIpc) is 3.06.